The summed E-state index contributed by atoms with van der Waals surface area (Å²) in [5.74, 6) is 0.930. The number of amides is 2. The Labute approximate surface area is 159 Å². The highest BCUT2D eigenvalue weighted by Gasteiger charge is 2.29. The van der Waals surface area contributed by atoms with E-state index in [0.717, 1.165) is 24.3 Å². The molecule has 2 aromatic rings. The van der Waals surface area contributed by atoms with E-state index in [2.05, 4.69) is 10.3 Å². The van der Waals surface area contributed by atoms with Gasteiger partial charge in [-0.3, -0.25) is 9.59 Å². The van der Waals surface area contributed by atoms with Crippen LogP contribution in [-0.4, -0.2) is 41.4 Å². The molecule has 1 N–H and O–H groups in total. The fraction of sp³-hybridized carbons (Fsp3) is 0.381. The lowest BCUT2D eigenvalue weighted by Crippen LogP contribution is -2.43. The zero-order chi connectivity index (χ0) is 19.2. The second kappa shape index (κ2) is 8.66. The zero-order valence-corrected chi connectivity index (χ0v) is 15.8. The number of nitrogens with zero attached hydrogens (tertiary/aromatic N) is 2. The van der Waals surface area contributed by atoms with Gasteiger partial charge in [0.2, 0.25) is 5.91 Å². The number of carbonyl (C=O) groups is 2. The number of hydrogen-bond donors (Lipinski definition) is 1. The van der Waals surface area contributed by atoms with Crippen LogP contribution < -0.4 is 10.1 Å². The highest BCUT2D eigenvalue weighted by molar-refractivity contribution is 5.96. The molecule has 0 spiro atoms. The lowest BCUT2D eigenvalue weighted by Gasteiger charge is -2.32. The molecule has 27 heavy (non-hydrogen) atoms. The van der Waals surface area contributed by atoms with Crippen molar-refractivity contribution in [2.24, 2.45) is 5.92 Å². The molecule has 1 aliphatic heterocycles. The van der Waals surface area contributed by atoms with Crippen LogP contribution in [0.1, 0.15) is 35.8 Å². The van der Waals surface area contributed by atoms with E-state index in [9.17, 15) is 9.59 Å². The molecule has 0 radical (unpaired) electrons. The van der Waals surface area contributed by atoms with Crippen LogP contribution in [0.3, 0.4) is 0 Å². The predicted molar refractivity (Wildman–Crippen MR) is 104 cm³/mol. The second-order valence-electron chi connectivity index (χ2n) is 6.70. The summed E-state index contributed by atoms with van der Waals surface area (Å²) in [5, 5.41) is 2.87. The fourth-order valence-corrected chi connectivity index (χ4v) is 3.26. The predicted octanol–water partition coefficient (Wildman–Crippen LogP) is 3.28. The van der Waals surface area contributed by atoms with Crippen molar-refractivity contribution < 1.29 is 14.3 Å². The number of aryl methyl sites for hydroxylation is 1. The van der Waals surface area contributed by atoms with Gasteiger partial charge in [-0.2, -0.15) is 0 Å². The molecule has 1 fully saturated rings. The van der Waals surface area contributed by atoms with Gasteiger partial charge >= 0.3 is 0 Å². The molecule has 1 saturated heterocycles. The first-order chi connectivity index (χ1) is 13.1. The minimum Gasteiger partial charge on any atom is -0.494 e. The van der Waals surface area contributed by atoms with Gasteiger partial charge in [0.15, 0.2) is 0 Å². The number of rotatable bonds is 5. The normalized spacial score (nSPS) is 16.7. The number of pyridine rings is 1. The van der Waals surface area contributed by atoms with Crippen molar-refractivity contribution >= 4 is 17.6 Å². The molecule has 2 heterocycles. The van der Waals surface area contributed by atoms with Crippen LogP contribution in [0.2, 0.25) is 0 Å². The maximum atomic E-state index is 12.8. The van der Waals surface area contributed by atoms with Crippen LogP contribution in [0.5, 0.6) is 5.75 Å². The van der Waals surface area contributed by atoms with Crippen molar-refractivity contribution in [3.05, 3.63) is 53.7 Å². The lowest BCUT2D eigenvalue weighted by atomic mass is 9.96. The van der Waals surface area contributed by atoms with Crippen LogP contribution in [0.4, 0.5) is 5.82 Å². The Morgan fingerprint density at radius 3 is 2.70 bits per heavy atom. The van der Waals surface area contributed by atoms with Gasteiger partial charge in [-0.25, -0.2) is 4.98 Å². The van der Waals surface area contributed by atoms with Gasteiger partial charge in [0.1, 0.15) is 11.6 Å². The summed E-state index contributed by atoms with van der Waals surface area (Å²) in [4.78, 5) is 31.4. The third kappa shape index (κ3) is 4.84. The lowest BCUT2D eigenvalue weighted by molar-refractivity contribution is -0.121. The minimum atomic E-state index is -0.229. The molecule has 2 amide bonds. The molecule has 0 bridgehead atoms. The van der Waals surface area contributed by atoms with E-state index in [0.29, 0.717) is 31.1 Å². The van der Waals surface area contributed by atoms with Crippen LogP contribution in [0.25, 0.3) is 0 Å². The van der Waals surface area contributed by atoms with Gasteiger partial charge in [-0.05, 0) is 63.1 Å². The average Bonchev–Trinajstić information content (AvgIpc) is 2.68. The van der Waals surface area contributed by atoms with E-state index in [1.165, 1.54) is 0 Å². The summed E-state index contributed by atoms with van der Waals surface area (Å²) < 4.78 is 5.42. The third-order valence-corrected chi connectivity index (χ3v) is 4.63. The molecular formula is C21H25N3O3. The fourth-order valence-electron chi connectivity index (χ4n) is 3.26. The quantitative estimate of drug-likeness (QED) is 0.880. The largest absolute Gasteiger partial charge is 0.494 e. The Hall–Kier alpha value is -2.89. The van der Waals surface area contributed by atoms with E-state index in [4.69, 9.17) is 4.74 Å². The van der Waals surface area contributed by atoms with Gasteiger partial charge in [-0.1, -0.05) is 6.07 Å². The number of aromatic nitrogens is 1. The van der Waals surface area contributed by atoms with Crippen LogP contribution in [0, 0.1) is 12.8 Å². The molecule has 0 aliphatic carbocycles. The van der Waals surface area contributed by atoms with Gasteiger partial charge in [0.05, 0.1) is 12.5 Å². The first kappa shape index (κ1) is 18.9. The number of ether oxygens (including phenoxy) is 1. The molecule has 6 heteroatoms. The zero-order valence-electron chi connectivity index (χ0n) is 15.8. The molecule has 0 unspecified atom stereocenters. The summed E-state index contributed by atoms with van der Waals surface area (Å²) in [7, 11) is 0. The van der Waals surface area contributed by atoms with Gasteiger partial charge in [-0.15, -0.1) is 0 Å². The van der Waals surface area contributed by atoms with Crippen molar-refractivity contribution in [3.8, 4) is 5.75 Å². The van der Waals surface area contributed by atoms with E-state index in [-0.39, 0.29) is 17.7 Å². The summed E-state index contributed by atoms with van der Waals surface area (Å²) in [6.07, 6.45) is 1.58. The first-order valence-corrected chi connectivity index (χ1v) is 9.33. The van der Waals surface area contributed by atoms with E-state index < -0.39 is 0 Å². The number of nitrogens with one attached hydrogen (secondary N) is 1. The number of likely N-dealkylation sites (tertiary alicyclic amines) is 1. The Bertz CT molecular complexity index is 805. The standard InChI is InChI=1S/C21H25N3O3/c1-3-27-18-11-9-16(10-12-18)21(26)24-13-5-7-17(14-24)20(25)23-19-8-4-6-15(2)22-19/h4,6,8-12,17H,3,5,7,13-14H2,1-2H3,(H,22,23,25)/t17-/m1/s1. The Morgan fingerprint density at radius 1 is 1.22 bits per heavy atom. The van der Waals surface area contributed by atoms with Gasteiger partial charge in [0, 0.05) is 24.3 Å². The van der Waals surface area contributed by atoms with Crippen LogP contribution >= 0.6 is 0 Å². The molecule has 6 nitrogen and oxygen atoms in total. The summed E-state index contributed by atoms with van der Waals surface area (Å²) in [6, 6.07) is 12.7. The highest BCUT2D eigenvalue weighted by Crippen LogP contribution is 2.21. The Kier molecular flexibility index (Phi) is 6.06. The van der Waals surface area contributed by atoms with E-state index in [1.807, 2.05) is 26.0 Å². The van der Waals surface area contributed by atoms with Gasteiger partial charge in [0.25, 0.3) is 5.91 Å². The van der Waals surface area contributed by atoms with Crippen molar-refractivity contribution in [1.29, 1.82) is 0 Å². The van der Waals surface area contributed by atoms with Crippen molar-refractivity contribution in [2.45, 2.75) is 26.7 Å². The van der Waals surface area contributed by atoms with E-state index in [1.54, 1.807) is 35.2 Å². The number of carbonyl (C=O) groups excluding carboxylic acids is 2. The Balaban J connectivity index is 1.62. The second-order valence-corrected chi connectivity index (χ2v) is 6.70. The number of hydrogen-bond acceptors (Lipinski definition) is 4. The number of piperidine rings is 1. The first-order valence-electron chi connectivity index (χ1n) is 9.33. The topological polar surface area (TPSA) is 71.5 Å². The SMILES string of the molecule is CCOc1ccc(C(=O)N2CCC[C@@H](C(=O)Nc3cccc(C)n3)C2)cc1. The summed E-state index contributed by atoms with van der Waals surface area (Å²) in [6.45, 7) is 5.48. The van der Waals surface area contributed by atoms with Gasteiger partial charge < -0.3 is 15.0 Å². The molecule has 0 saturated carbocycles. The molecule has 142 valence electrons. The minimum absolute atomic E-state index is 0.0516. The molecule has 1 aliphatic rings. The summed E-state index contributed by atoms with van der Waals surface area (Å²) >= 11 is 0. The Morgan fingerprint density at radius 2 is 2.00 bits per heavy atom. The monoisotopic (exact) mass is 367 g/mol. The van der Waals surface area contributed by atoms with E-state index >= 15 is 0 Å². The molecule has 3 rings (SSSR count). The maximum Gasteiger partial charge on any atom is 0.253 e. The summed E-state index contributed by atoms with van der Waals surface area (Å²) in [5.41, 5.74) is 1.46. The number of anilines is 1. The van der Waals surface area contributed by atoms with Crippen LogP contribution in [-0.2, 0) is 4.79 Å². The van der Waals surface area contributed by atoms with Crippen molar-refractivity contribution in [1.82, 2.24) is 9.88 Å². The molecular weight excluding hydrogens is 342 g/mol. The van der Waals surface area contributed by atoms with Crippen LogP contribution in [0.15, 0.2) is 42.5 Å². The molecule has 1 aromatic carbocycles. The average molecular weight is 367 g/mol. The highest BCUT2D eigenvalue weighted by atomic mass is 16.5. The molecule has 1 atom stereocenters. The maximum absolute atomic E-state index is 12.8. The van der Waals surface area contributed by atoms with Crippen molar-refractivity contribution in [2.75, 3.05) is 25.0 Å². The smallest absolute Gasteiger partial charge is 0.253 e. The van der Waals surface area contributed by atoms with Crippen molar-refractivity contribution in [3.63, 3.8) is 0 Å². The number of benzene rings is 1. The third-order valence-electron chi connectivity index (χ3n) is 4.63. The molecule has 1 aromatic heterocycles.